The molecule has 2 N–H and O–H groups in total. The summed E-state index contributed by atoms with van der Waals surface area (Å²) in [7, 11) is 2.10. The van der Waals surface area contributed by atoms with E-state index in [4.69, 9.17) is 10.5 Å². The van der Waals surface area contributed by atoms with Gasteiger partial charge >= 0.3 is 5.97 Å². The molecule has 4 nitrogen and oxygen atoms in total. The molecule has 0 saturated heterocycles. The van der Waals surface area contributed by atoms with Gasteiger partial charge < -0.3 is 15.4 Å². The molecule has 1 unspecified atom stereocenters. The van der Waals surface area contributed by atoms with E-state index < -0.39 is 5.54 Å². The zero-order valence-corrected chi connectivity index (χ0v) is 12.0. The molecule has 4 heteroatoms. The van der Waals surface area contributed by atoms with Gasteiger partial charge in [-0.05, 0) is 46.2 Å². The highest BCUT2D eigenvalue weighted by atomic mass is 16.5. The Balaban J connectivity index is 3.90. The summed E-state index contributed by atoms with van der Waals surface area (Å²) in [5, 5.41) is 0. The number of hydrogen-bond acceptors (Lipinski definition) is 4. The lowest BCUT2D eigenvalue weighted by atomic mass is 9.97. The number of rotatable bonds is 8. The lowest BCUT2D eigenvalue weighted by Crippen LogP contribution is -2.46. The minimum atomic E-state index is -0.852. The highest BCUT2D eigenvalue weighted by Crippen LogP contribution is 2.12. The van der Waals surface area contributed by atoms with E-state index in [2.05, 4.69) is 25.8 Å². The van der Waals surface area contributed by atoms with Gasteiger partial charge in [0, 0.05) is 6.54 Å². The van der Waals surface area contributed by atoms with Crippen LogP contribution >= 0.6 is 0 Å². The number of carbonyl (C=O) groups excluding carboxylic acids is 1. The topological polar surface area (TPSA) is 55.6 Å². The lowest BCUT2D eigenvalue weighted by Gasteiger charge is -2.24. The van der Waals surface area contributed by atoms with Gasteiger partial charge in [-0.2, -0.15) is 0 Å². The Hall–Kier alpha value is -0.610. The van der Waals surface area contributed by atoms with E-state index >= 15 is 0 Å². The summed E-state index contributed by atoms with van der Waals surface area (Å²) in [5.41, 5.74) is 5.09. The fourth-order valence-corrected chi connectivity index (χ4v) is 1.83. The van der Waals surface area contributed by atoms with Crippen LogP contribution in [0.2, 0.25) is 0 Å². The molecular formula is C13H28N2O2. The van der Waals surface area contributed by atoms with Crippen molar-refractivity contribution in [3.05, 3.63) is 0 Å². The highest BCUT2D eigenvalue weighted by Gasteiger charge is 2.29. The number of nitrogens with zero attached hydrogens (tertiary/aromatic N) is 1. The molecule has 0 spiro atoms. The van der Waals surface area contributed by atoms with Gasteiger partial charge in [-0.25, -0.2) is 0 Å². The predicted molar refractivity (Wildman–Crippen MR) is 70.8 cm³/mol. The van der Waals surface area contributed by atoms with Crippen LogP contribution in [0.15, 0.2) is 0 Å². The Morgan fingerprint density at radius 2 is 2.06 bits per heavy atom. The molecule has 0 aliphatic heterocycles. The van der Waals surface area contributed by atoms with E-state index in [-0.39, 0.29) is 5.97 Å². The summed E-state index contributed by atoms with van der Waals surface area (Å²) < 4.78 is 4.95. The van der Waals surface area contributed by atoms with Gasteiger partial charge in [-0.1, -0.05) is 13.8 Å². The van der Waals surface area contributed by atoms with Crippen LogP contribution in [-0.4, -0.2) is 43.2 Å². The van der Waals surface area contributed by atoms with Crippen molar-refractivity contribution in [1.29, 1.82) is 0 Å². The molecule has 0 aliphatic rings. The van der Waals surface area contributed by atoms with Gasteiger partial charge in [0.2, 0.25) is 0 Å². The van der Waals surface area contributed by atoms with Crippen LogP contribution in [0.3, 0.4) is 0 Å². The maximum absolute atomic E-state index is 11.6. The van der Waals surface area contributed by atoms with E-state index in [1.807, 2.05) is 0 Å². The van der Waals surface area contributed by atoms with Gasteiger partial charge in [0.05, 0.1) is 6.61 Å². The molecule has 0 aromatic heterocycles. The molecule has 0 bridgehead atoms. The molecule has 0 amide bonds. The van der Waals surface area contributed by atoms with Crippen molar-refractivity contribution >= 4 is 5.97 Å². The maximum Gasteiger partial charge on any atom is 0.325 e. The van der Waals surface area contributed by atoms with Crippen molar-refractivity contribution < 1.29 is 9.53 Å². The highest BCUT2D eigenvalue weighted by molar-refractivity contribution is 5.79. The molecule has 0 aromatic rings. The zero-order valence-electron chi connectivity index (χ0n) is 12.0. The van der Waals surface area contributed by atoms with E-state index in [0.717, 1.165) is 19.5 Å². The molecule has 0 saturated carbocycles. The summed E-state index contributed by atoms with van der Waals surface area (Å²) >= 11 is 0. The summed E-state index contributed by atoms with van der Waals surface area (Å²) in [6.07, 6.45) is 1.57. The largest absolute Gasteiger partial charge is 0.465 e. The first-order chi connectivity index (χ1) is 7.79. The molecule has 102 valence electrons. The van der Waals surface area contributed by atoms with Gasteiger partial charge in [-0.3, -0.25) is 4.79 Å². The second-order valence-electron chi connectivity index (χ2n) is 5.40. The smallest absolute Gasteiger partial charge is 0.325 e. The quantitative estimate of drug-likeness (QED) is 0.659. The summed E-state index contributed by atoms with van der Waals surface area (Å²) in [5.74, 6) is 0.362. The maximum atomic E-state index is 11.6. The summed E-state index contributed by atoms with van der Waals surface area (Å²) in [6, 6.07) is 0. The minimum absolute atomic E-state index is 0.300. The van der Waals surface area contributed by atoms with E-state index in [1.165, 1.54) is 0 Å². The molecule has 17 heavy (non-hydrogen) atoms. The number of nitrogens with two attached hydrogens (primary N) is 1. The van der Waals surface area contributed by atoms with Crippen molar-refractivity contribution in [2.24, 2.45) is 11.7 Å². The van der Waals surface area contributed by atoms with Crippen molar-refractivity contribution in [2.45, 2.75) is 46.1 Å². The number of ether oxygens (including phenoxy) is 1. The lowest BCUT2D eigenvalue weighted by molar-refractivity contribution is -0.149. The third-order valence-corrected chi connectivity index (χ3v) is 2.65. The average Bonchev–Trinajstić information content (AvgIpc) is 2.16. The minimum Gasteiger partial charge on any atom is -0.465 e. The summed E-state index contributed by atoms with van der Waals surface area (Å²) in [4.78, 5) is 13.8. The Kier molecular flexibility index (Phi) is 7.39. The second-order valence-corrected chi connectivity index (χ2v) is 5.40. The molecule has 1 atom stereocenters. The molecular weight excluding hydrogens is 216 g/mol. The summed E-state index contributed by atoms with van der Waals surface area (Å²) in [6.45, 7) is 10.4. The first-order valence-electron chi connectivity index (χ1n) is 6.44. The van der Waals surface area contributed by atoms with Crippen molar-refractivity contribution in [2.75, 3.05) is 26.7 Å². The molecule has 0 rings (SSSR count). The second kappa shape index (κ2) is 7.67. The Morgan fingerprint density at radius 1 is 1.47 bits per heavy atom. The third-order valence-electron chi connectivity index (χ3n) is 2.65. The van der Waals surface area contributed by atoms with Crippen LogP contribution in [0.5, 0.6) is 0 Å². The fraction of sp³-hybridized carbons (Fsp3) is 0.923. The molecule has 0 heterocycles. The van der Waals surface area contributed by atoms with Crippen LogP contribution in [-0.2, 0) is 9.53 Å². The van der Waals surface area contributed by atoms with E-state index in [0.29, 0.717) is 18.9 Å². The van der Waals surface area contributed by atoms with Gasteiger partial charge in [-0.15, -0.1) is 0 Å². The van der Waals surface area contributed by atoms with Crippen molar-refractivity contribution in [3.8, 4) is 0 Å². The van der Waals surface area contributed by atoms with Crippen LogP contribution < -0.4 is 5.73 Å². The third kappa shape index (κ3) is 7.34. The zero-order chi connectivity index (χ0) is 13.5. The first-order valence-corrected chi connectivity index (χ1v) is 6.44. The van der Waals surface area contributed by atoms with Crippen LogP contribution in [0.4, 0.5) is 0 Å². The number of carbonyl (C=O) groups is 1. The van der Waals surface area contributed by atoms with E-state index in [1.54, 1.807) is 13.8 Å². The molecule has 0 fully saturated rings. The standard InChI is InChI=1S/C13H28N2O2/c1-6-17-12(16)13(4,14)8-7-9-15(5)10-11(2)3/h11H,6-10,14H2,1-5H3. The van der Waals surface area contributed by atoms with Gasteiger partial charge in [0.25, 0.3) is 0 Å². The van der Waals surface area contributed by atoms with Crippen LogP contribution in [0.25, 0.3) is 0 Å². The Labute approximate surface area is 105 Å². The first kappa shape index (κ1) is 16.4. The average molecular weight is 244 g/mol. The predicted octanol–water partition coefficient (Wildman–Crippen LogP) is 1.63. The Bertz CT molecular complexity index is 227. The molecule has 0 radical (unpaired) electrons. The Morgan fingerprint density at radius 3 is 2.53 bits per heavy atom. The van der Waals surface area contributed by atoms with Crippen molar-refractivity contribution in [3.63, 3.8) is 0 Å². The van der Waals surface area contributed by atoms with Crippen LogP contribution in [0.1, 0.15) is 40.5 Å². The van der Waals surface area contributed by atoms with Crippen molar-refractivity contribution in [1.82, 2.24) is 4.90 Å². The van der Waals surface area contributed by atoms with E-state index in [9.17, 15) is 4.79 Å². The molecule has 0 aliphatic carbocycles. The van der Waals surface area contributed by atoms with Crippen LogP contribution in [0, 0.1) is 5.92 Å². The van der Waals surface area contributed by atoms with Gasteiger partial charge in [0.15, 0.2) is 0 Å². The monoisotopic (exact) mass is 244 g/mol. The molecule has 0 aromatic carbocycles. The fourth-order valence-electron chi connectivity index (χ4n) is 1.83. The normalized spacial score (nSPS) is 15.1. The number of esters is 1. The number of hydrogen-bond donors (Lipinski definition) is 1. The SMILES string of the molecule is CCOC(=O)C(C)(N)CCCN(C)CC(C)C. The van der Waals surface area contributed by atoms with Gasteiger partial charge in [0.1, 0.15) is 5.54 Å².